The topological polar surface area (TPSA) is 134 Å². The number of rotatable bonds is 76. The fourth-order valence-electron chi connectivity index (χ4n) is 12.3. The molecule has 0 aliphatic carbocycles. The third kappa shape index (κ3) is 73.7. The lowest BCUT2D eigenvalue weighted by molar-refractivity contribution is -0.161. The number of esters is 2. The van der Waals surface area contributed by atoms with Gasteiger partial charge >= 0.3 is 19.8 Å². The van der Waals surface area contributed by atoms with E-state index in [1.807, 2.05) is 0 Å². The van der Waals surface area contributed by atoms with Gasteiger partial charge in [-0.05, 0) is 38.5 Å². The number of nitrogens with two attached hydrogens (primary N) is 1. The Morgan fingerprint density at radius 1 is 0.333 bits per heavy atom. The molecule has 0 aliphatic heterocycles. The van der Waals surface area contributed by atoms with E-state index in [-0.39, 0.29) is 38.6 Å². The molecule has 9 nitrogen and oxygen atoms in total. The van der Waals surface area contributed by atoms with Gasteiger partial charge in [0.1, 0.15) is 6.61 Å². The van der Waals surface area contributed by atoms with Gasteiger partial charge in [-0.3, -0.25) is 18.6 Å². The normalized spacial score (nSPS) is 12.8. The lowest BCUT2D eigenvalue weighted by Gasteiger charge is -2.19. The molecule has 0 aromatic heterocycles. The minimum Gasteiger partial charge on any atom is -0.462 e. The van der Waals surface area contributed by atoms with Gasteiger partial charge in [-0.25, -0.2) is 4.57 Å². The van der Waals surface area contributed by atoms with E-state index in [2.05, 4.69) is 26.0 Å². The second-order valence-electron chi connectivity index (χ2n) is 26.9. The number of phosphoric acid groups is 1. The van der Waals surface area contributed by atoms with Crippen molar-refractivity contribution in [3.8, 4) is 0 Å². The highest BCUT2D eigenvalue weighted by atomic mass is 31.2. The van der Waals surface area contributed by atoms with Crippen molar-refractivity contribution in [2.75, 3.05) is 26.4 Å². The molecule has 0 aromatic carbocycles. The van der Waals surface area contributed by atoms with Crippen LogP contribution >= 0.6 is 7.82 Å². The van der Waals surface area contributed by atoms with Crippen LogP contribution in [0.25, 0.3) is 0 Å². The van der Waals surface area contributed by atoms with Gasteiger partial charge in [0, 0.05) is 19.4 Å². The standard InChI is InChI=1S/C77H152NO8P/c1-3-5-7-9-11-13-15-17-19-21-23-25-27-29-31-33-35-36-37-38-40-41-43-45-47-49-51-53-55-57-59-61-63-65-67-69-76(79)83-73-75(74-85-87(81,82)84-72-71-78)86-77(80)70-68-66-64-62-60-58-56-54-52-50-48-46-44-42-39-34-32-30-28-26-24-22-20-18-16-14-12-10-8-6-4-2/h22,24,75H,3-21,23,25-74,78H2,1-2H3,(H,81,82)/b24-22-. The van der Waals surface area contributed by atoms with Crippen LogP contribution in [0.3, 0.4) is 0 Å². The Hall–Kier alpha value is -1.25. The average molecular weight is 1250 g/mol. The number of hydrogen-bond acceptors (Lipinski definition) is 8. The molecule has 518 valence electrons. The fourth-order valence-corrected chi connectivity index (χ4v) is 13.1. The van der Waals surface area contributed by atoms with E-state index in [0.717, 1.165) is 32.1 Å². The molecule has 0 amide bonds. The second kappa shape index (κ2) is 73.8. The summed E-state index contributed by atoms with van der Waals surface area (Å²) in [6.45, 7) is 3.85. The highest BCUT2D eigenvalue weighted by Crippen LogP contribution is 2.43. The Morgan fingerprint density at radius 3 is 0.816 bits per heavy atom. The molecule has 0 rings (SSSR count). The van der Waals surface area contributed by atoms with E-state index < -0.39 is 26.5 Å². The van der Waals surface area contributed by atoms with Gasteiger partial charge in [0.2, 0.25) is 0 Å². The maximum Gasteiger partial charge on any atom is 0.472 e. The fraction of sp³-hybridized carbons (Fsp3) is 0.948. The quantitative estimate of drug-likeness (QED) is 0.0264. The van der Waals surface area contributed by atoms with Crippen LogP contribution in [0.4, 0.5) is 0 Å². The maximum atomic E-state index is 12.8. The van der Waals surface area contributed by atoms with E-state index >= 15 is 0 Å². The molecule has 3 N–H and O–H groups in total. The predicted molar refractivity (Wildman–Crippen MR) is 377 cm³/mol. The maximum absolute atomic E-state index is 12.8. The van der Waals surface area contributed by atoms with Gasteiger partial charge in [-0.15, -0.1) is 0 Å². The van der Waals surface area contributed by atoms with Crippen molar-refractivity contribution in [2.24, 2.45) is 5.73 Å². The Balaban J connectivity index is 3.74. The van der Waals surface area contributed by atoms with Crippen molar-refractivity contribution >= 4 is 19.8 Å². The SMILES string of the molecule is CCCCCCCCCC/C=C\CCCCCCCCCCCCCCCCCCCCCC(=O)OC(COC(=O)CCCCCCCCCCCCCCCCCCCCCCCCCCCCCCCCCCCCC)COP(=O)(O)OCCN. The minimum atomic E-state index is -4.39. The first-order valence-electron chi connectivity index (χ1n) is 39.2. The summed E-state index contributed by atoms with van der Waals surface area (Å²) in [5.41, 5.74) is 5.41. The van der Waals surface area contributed by atoms with Crippen LogP contribution in [0.1, 0.15) is 438 Å². The number of ether oxygens (including phenoxy) is 2. The summed E-state index contributed by atoms with van der Waals surface area (Å²) in [7, 11) is -4.39. The average Bonchev–Trinajstić information content (AvgIpc) is 3.66. The summed E-state index contributed by atoms with van der Waals surface area (Å²) in [4.78, 5) is 35.4. The number of carbonyl (C=O) groups excluding carboxylic acids is 2. The van der Waals surface area contributed by atoms with Crippen LogP contribution in [0.2, 0.25) is 0 Å². The smallest absolute Gasteiger partial charge is 0.462 e. The van der Waals surface area contributed by atoms with Crippen molar-refractivity contribution in [3.05, 3.63) is 12.2 Å². The molecule has 0 aromatic rings. The van der Waals surface area contributed by atoms with Gasteiger partial charge in [-0.1, -0.05) is 398 Å². The summed E-state index contributed by atoms with van der Waals surface area (Å²) in [5, 5.41) is 0. The van der Waals surface area contributed by atoms with E-state index in [4.69, 9.17) is 24.3 Å². The highest BCUT2D eigenvalue weighted by molar-refractivity contribution is 7.47. The Kier molecular flexibility index (Phi) is 72.7. The molecule has 0 saturated heterocycles. The van der Waals surface area contributed by atoms with Crippen molar-refractivity contribution in [2.45, 2.75) is 444 Å². The number of carbonyl (C=O) groups is 2. The molecule has 0 radical (unpaired) electrons. The highest BCUT2D eigenvalue weighted by Gasteiger charge is 2.26. The molecule has 0 saturated carbocycles. The van der Waals surface area contributed by atoms with Crippen LogP contribution in [-0.2, 0) is 32.7 Å². The van der Waals surface area contributed by atoms with E-state index in [1.165, 1.54) is 372 Å². The van der Waals surface area contributed by atoms with Crippen molar-refractivity contribution in [3.63, 3.8) is 0 Å². The van der Waals surface area contributed by atoms with Crippen molar-refractivity contribution in [1.82, 2.24) is 0 Å². The summed E-state index contributed by atoms with van der Waals surface area (Å²) in [6.07, 6.45) is 90.7. The van der Waals surface area contributed by atoms with Crippen LogP contribution in [0.15, 0.2) is 12.2 Å². The van der Waals surface area contributed by atoms with Gasteiger partial charge in [0.25, 0.3) is 0 Å². The summed E-state index contributed by atoms with van der Waals surface area (Å²) >= 11 is 0. The summed E-state index contributed by atoms with van der Waals surface area (Å²) < 4.78 is 33.3. The lowest BCUT2D eigenvalue weighted by Crippen LogP contribution is -2.29. The number of hydrogen-bond donors (Lipinski definition) is 2. The molecular formula is C77H152NO8P. The largest absolute Gasteiger partial charge is 0.472 e. The zero-order valence-corrected chi connectivity index (χ0v) is 59.5. The number of unbranched alkanes of at least 4 members (excludes halogenated alkanes) is 61. The number of phosphoric ester groups is 1. The molecule has 0 fully saturated rings. The van der Waals surface area contributed by atoms with Crippen LogP contribution in [-0.4, -0.2) is 49.3 Å². The predicted octanol–water partition coefficient (Wildman–Crippen LogP) is 25.9. The van der Waals surface area contributed by atoms with Crippen LogP contribution in [0, 0.1) is 0 Å². The molecule has 0 bridgehead atoms. The van der Waals surface area contributed by atoms with Gasteiger partial charge in [-0.2, -0.15) is 0 Å². The van der Waals surface area contributed by atoms with Gasteiger partial charge in [0.05, 0.1) is 13.2 Å². The van der Waals surface area contributed by atoms with Crippen LogP contribution in [0.5, 0.6) is 0 Å². The Bertz CT molecular complexity index is 1430. The molecule has 2 atom stereocenters. The zero-order valence-electron chi connectivity index (χ0n) is 58.6. The molecule has 87 heavy (non-hydrogen) atoms. The summed E-state index contributed by atoms with van der Waals surface area (Å²) in [5.74, 6) is -0.797. The van der Waals surface area contributed by atoms with E-state index in [0.29, 0.717) is 6.42 Å². The molecule has 0 aliphatic rings. The first kappa shape index (κ1) is 85.8. The molecule has 10 heteroatoms. The molecular weight excluding hydrogens is 1100 g/mol. The Morgan fingerprint density at radius 2 is 0.563 bits per heavy atom. The molecule has 2 unspecified atom stereocenters. The van der Waals surface area contributed by atoms with Gasteiger partial charge in [0.15, 0.2) is 6.10 Å². The second-order valence-corrected chi connectivity index (χ2v) is 28.4. The van der Waals surface area contributed by atoms with Crippen LogP contribution < -0.4 is 5.73 Å². The first-order chi connectivity index (χ1) is 42.8. The Labute approximate surface area is 542 Å². The lowest BCUT2D eigenvalue weighted by atomic mass is 10.0. The number of allylic oxidation sites excluding steroid dienone is 2. The third-order valence-electron chi connectivity index (χ3n) is 18.2. The minimum absolute atomic E-state index is 0.0579. The zero-order chi connectivity index (χ0) is 63.0. The van der Waals surface area contributed by atoms with Crippen molar-refractivity contribution < 1.29 is 37.6 Å². The third-order valence-corrected chi connectivity index (χ3v) is 19.1. The molecule has 0 heterocycles. The monoisotopic (exact) mass is 1250 g/mol. The summed E-state index contributed by atoms with van der Waals surface area (Å²) in [6, 6.07) is 0. The van der Waals surface area contributed by atoms with Gasteiger partial charge < -0.3 is 20.1 Å². The van der Waals surface area contributed by atoms with E-state index in [1.54, 1.807) is 0 Å². The van der Waals surface area contributed by atoms with E-state index in [9.17, 15) is 19.0 Å². The van der Waals surface area contributed by atoms with Crippen molar-refractivity contribution in [1.29, 1.82) is 0 Å². The molecule has 0 spiro atoms. The first-order valence-corrected chi connectivity index (χ1v) is 40.7.